The van der Waals surface area contributed by atoms with Crippen LogP contribution in [0, 0.1) is 6.92 Å². The van der Waals surface area contributed by atoms with E-state index in [1.807, 2.05) is 29.5 Å². The maximum Gasteiger partial charge on any atom is 0.161 e. The molecule has 25 heavy (non-hydrogen) atoms. The van der Waals surface area contributed by atoms with Gasteiger partial charge in [-0.05, 0) is 50.1 Å². The lowest BCUT2D eigenvalue weighted by atomic mass is 10.1. The molecular weight excluding hydrogens is 332 g/mol. The summed E-state index contributed by atoms with van der Waals surface area (Å²) in [7, 11) is 3.32. The molecule has 130 valence electrons. The van der Waals surface area contributed by atoms with Gasteiger partial charge >= 0.3 is 0 Å². The third-order valence-corrected chi connectivity index (χ3v) is 5.77. The van der Waals surface area contributed by atoms with Crippen LogP contribution in [-0.2, 0) is 0 Å². The van der Waals surface area contributed by atoms with Gasteiger partial charge in [-0.3, -0.25) is 0 Å². The molecule has 3 heterocycles. The second kappa shape index (κ2) is 6.56. The summed E-state index contributed by atoms with van der Waals surface area (Å²) in [6, 6.07) is 10.4. The molecule has 0 atom stereocenters. The van der Waals surface area contributed by atoms with E-state index in [2.05, 4.69) is 24.0 Å². The summed E-state index contributed by atoms with van der Waals surface area (Å²) in [4.78, 5) is 8.71. The lowest BCUT2D eigenvalue weighted by molar-refractivity contribution is 0.355. The van der Waals surface area contributed by atoms with Crippen molar-refractivity contribution in [2.45, 2.75) is 19.8 Å². The fraction of sp³-hybridized carbons (Fsp3) is 0.350. The van der Waals surface area contributed by atoms with Gasteiger partial charge in [0.15, 0.2) is 11.5 Å². The van der Waals surface area contributed by atoms with E-state index in [1.165, 1.54) is 28.1 Å². The minimum atomic E-state index is 0.728. The number of pyridine rings is 1. The number of nitrogens with zero attached hydrogens (tertiary/aromatic N) is 2. The number of hydrogen-bond donors (Lipinski definition) is 0. The molecule has 1 aliphatic rings. The highest BCUT2D eigenvalue weighted by Crippen LogP contribution is 2.39. The Morgan fingerprint density at radius 3 is 2.48 bits per heavy atom. The van der Waals surface area contributed by atoms with Crippen molar-refractivity contribution in [2.75, 3.05) is 32.2 Å². The van der Waals surface area contributed by atoms with Crippen molar-refractivity contribution >= 4 is 27.2 Å². The number of fused-ring (bicyclic) bond motifs is 1. The van der Waals surface area contributed by atoms with Crippen LogP contribution in [-0.4, -0.2) is 32.3 Å². The molecule has 0 N–H and O–H groups in total. The van der Waals surface area contributed by atoms with Gasteiger partial charge in [-0.25, -0.2) is 4.98 Å². The zero-order valence-electron chi connectivity index (χ0n) is 14.8. The Hall–Kier alpha value is -2.27. The molecule has 1 aliphatic heterocycles. The molecule has 0 amide bonds. The Bertz CT molecular complexity index is 913. The van der Waals surface area contributed by atoms with Crippen LogP contribution in [0.15, 0.2) is 30.3 Å². The number of methoxy groups -OCH3 is 2. The third-order valence-electron chi connectivity index (χ3n) is 4.71. The van der Waals surface area contributed by atoms with Crippen LogP contribution in [0.25, 0.3) is 21.5 Å². The molecule has 1 fully saturated rings. The van der Waals surface area contributed by atoms with Gasteiger partial charge in [-0.15, -0.1) is 11.3 Å². The Balaban J connectivity index is 1.87. The quantitative estimate of drug-likeness (QED) is 0.668. The average Bonchev–Trinajstić information content (AvgIpc) is 3.28. The van der Waals surface area contributed by atoms with E-state index in [4.69, 9.17) is 14.5 Å². The third kappa shape index (κ3) is 2.93. The number of thiophene rings is 1. The van der Waals surface area contributed by atoms with Crippen molar-refractivity contribution in [3.63, 3.8) is 0 Å². The van der Waals surface area contributed by atoms with Crippen molar-refractivity contribution in [1.29, 1.82) is 0 Å². The zero-order valence-corrected chi connectivity index (χ0v) is 15.7. The largest absolute Gasteiger partial charge is 0.493 e. The molecular formula is C20H22N2O2S. The number of hydrogen-bond acceptors (Lipinski definition) is 5. The van der Waals surface area contributed by atoms with E-state index >= 15 is 0 Å². The minimum Gasteiger partial charge on any atom is -0.493 e. The van der Waals surface area contributed by atoms with E-state index in [-0.39, 0.29) is 0 Å². The summed E-state index contributed by atoms with van der Waals surface area (Å²) in [5.74, 6) is 1.46. The molecule has 3 aromatic rings. The molecule has 1 aromatic carbocycles. The summed E-state index contributed by atoms with van der Waals surface area (Å²) in [5, 5.41) is 0. The van der Waals surface area contributed by atoms with Gasteiger partial charge < -0.3 is 14.4 Å². The highest BCUT2D eigenvalue weighted by Gasteiger charge is 2.19. The first-order valence-electron chi connectivity index (χ1n) is 8.58. The first kappa shape index (κ1) is 16.2. The first-order valence-corrected chi connectivity index (χ1v) is 9.40. The van der Waals surface area contributed by atoms with E-state index in [0.29, 0.717) is 0 Å². The Morgan fingerprint density at radius 2 is 1.76 bits per heavy atom. The highest BCUT2D eigenvalue weighted by molar-refractivity contribution is 7.19. The fourth-order valence-electron chi connectivity index (χ4n) is 3.46. The van der Waals surface area contributed by atoms with E-state index in [1.54, 1.807) is 14.2 Å². The molecule has 0 spiro atoms. The number of ether oxygens (including phenoxy) is 2. The van der Waals surface area contributed by atoms with Crippen molar-refractivity contribution in [2.24, 2.45) is 0 Å². The number of rotatable bonds is 4. The highest BCUT2D eigenvalue weighted by atomic mass is 32.1. The van der Waals surface area contributed by atoms with E-state index in [0.717, 1.165) is 41.4 Å². The Labute approximate surface area is 152 Å². The van der Waals surface area contributed by atoms with Crippen molar-refractivity contribution in [1.82, 2.24) is 4.98 Å². The summed E-state index contributed by atoms with van der Waals surface area (Å²) in [5.41, 5.74) is 4.42. The van der Waals surface area contributed by atoms with Crippen LogP contribution in [0.2, 0.25) is 0 Å². The summed E-state index contributed by atoms with van der Waals surface area (Å²) in [6.07, 6.45) is 2.53. The van der Waals surface area contributed by atoms with Crippen LogP contribution < -0.4 is 14.4 Å². The van der Waals surface area contributed by atoms with Crippen LogP contribution in [0.4, 0.5) is 5.69 Å². The Morgan fingerprint density at radius 1 is 1.00 bits per heavy atom. The van der Waals surface area contributed by atoms with E-state index in [9.17, 15) is 0 Å². The lowest BCUT2D eigenvalue weighted by Gasteiger charge is -2.19. The SMILES string of the molecule is COc1ccc(-c2cc(N3CCCC3)c3sc(C)cc3n2)cc1OC. The standard InChI is InChI=1S/C20H22N2O2S/c1-13-10-16-20(25-13)17(22-8-4-5-9-22)12-15(21-16)14-6-7-18(23-2)19(11-14)24-3/h6-7,10-12H,4-5,8-9H2,1-3H3. The van der Waals surface area contributed by atoms with Crippen LogP contribution in [0.1, 0.15) is 17.7 Å². The lowest BCUT2D eigenvalue weighted by Crippen LogP contribution is -2.17. The smallest absolute Gasteiger partial charge is 0.161 e. The topological polar surface area (TPSA) is 34.6 Å². The molecule has 4 rings (SSSR count). The summed E-state index contributed by atoms with van der Waals surface area (Å²) in [6.45, 7) is 4.40. The number of anilines is 1. The van der Waals surface area contributed by atoms with Crippen LogP contribution in [0.5, 0.6) is 11.5 Å². The molecule has 4 nitrogen and oxygen atoms in total. The van der Waals surface area contributed by atoms with Gasteiger partial charge in [0.05, 0.1) is 35.8 Å². The molecule has 1 saturated heterocycles. The minimum absolute atomic E-state index is 0.728. The fourth-order valence-corrected chi connectivity index (χ4v) is 4.46. The maximum atomic E-state index is 5.46. The Kier molecular flexibility index (Phi) is 4.25. The number of aryl methyl sites for hydroxylation is 1. The van der Waals surface area contributed by atoms with Gasteiger partial charge in [0.1, 0.15) is 0 Å². The van der Waals surface area contributed by atoms with Crippen molar-refractivity contribution < 1.29 is 9.47 Å². The maximum absolute atomic E-state index is 5.46. The molecule has 2 aromatic heterocycles. The van der Waals surface area contributed by atoms with Crippen molar-refractivity contribution in [3.8, 4) is 22.8 Å². The van der Waals surface area contributed by atoms with Gasteiger partial charge in [0, 0.05) is 23.5 Å². The normalized spacial score (nSPS) is 14.3. The predicted molar refractivity (Wildman–Crippen MR) is 104 cm³/mol. The van der Waals surface area contributed by atoms with Gasteiger partial charge in [0.2, 0.25) is 0 Å². The summed E-state index contributed by atoms with van der Waals surface area (Å²) < 4.78 is 12.1. The second-order valence-corrected chi connectivity index (χ2v) is 7.62. The van der Waals surface area contributed by atoms with Crippen molar-refractivity contribution in [3.05, 3.63) is 35.2 Å². The van der Waals surface area contributed by atoms with Gasteiger partial charge in [-0.2, -0.15) is 0 Å². The average molecular weight is 354 g/mol. The molecule has 5 heteroatoms. The predicted octanol–water partition coefficient (Wildman–Crippen LogP) is 4.89. The molecule has 0 bridgehead atoms. The number of benzene rings is 1. The molecule has 0 saturated carbocycles. The first-order chi connectivity index (χ1) is 12.2. The number of aromatic nitrogens is 1. The molecule has 0 radical (unpaired) electrons. The molecule has 0 aliphatic carbocycles. The monoisotopic (exact) mass is 354 g/mol. The van der Waals surface area contributed by atoms with E-state index < -0.39 is 0 Å². The zero-order chi connectivity index (χ0) is 17.4. The van der Waals surface area contributed by atoms with Gasteiger partial charge in [-0.1, -0.05) is 0 Å². The summed E-state index contributed by atoms with van der Waals surface area (Å²) >= 11 is 1.83. The van der Waals surface area contributed by atoms with Crippen LogP contribution >= 0.6 is 11.3 Å². The van der Waals surface area contributed by atoms with Gasteiger partial charge in [0.25, 0.3) is 0 Å². The van der Waals surface area contributed by atoms with Crippen LogP contribution in [0.3, 0.4) is 0 Å². The molecule has 0 unspecified atom stereocenters. The second-order valence-electron chi connectivity index (χ2n) is 6.36.